The number of likely N-dealkylation sites (tertiary alicyclic amines) is 1. The molecule has 0 spiro atoms. The lowest BCUT2D eigenvalue weighted by Gasteiger charge is -2.31. The van der Waals surface area contributed by atoms with Crippen molar-refractivity contribution >= 4 is 117 Å². The Morgan fingerprint density at radius 3 is 1.52 bits per heavy atom. The molecular weight excluding hydrogens is 1590 g/mol. The molecule has 17 N–H and O–H groups in total. The summed E-state index contributed by atoms with van der Waals surface area (Å²) in [7, 11) is 0. The Kier molecular flexibility index (Phi) is 36.4. The first kappa shape index (κ1) is 94.8. The first-order valence-electron chi connectivity index (χ1n) is 38.9. The molecule has 0 unspecified atom stereocenters. The number of aliphatic carboxylic acids is 1. The molecule has 0 saturated carbocycles. The summed E-state index contributed by atoms with van der Waals surface area (Å²) in [5.74, 6) is -13.3. The van der Waals surface area contributed by atoms with Crippen LogP contribution in [0, 0.1) is 5.92 Å². The number of unbranched alkanes of at least 4 members (excludes halogenated alkanes) is 1. The number of hydrogen-bond donors (Lipinski definition) is 15. The zero-order valence-electron chi connectivity index (χ0n) is 66.9. The van der Waals surface area contributed by atoms with Gasteiger partial charge in [0.2, 0.25) is 70.9 Å². The van der Waals surface area contributed by atoms with Crippen molar-refractivity contribution in [2.24, 2.45) is 5.92 Å². The minimum absolute atomic E-state index is 0.0172. The van der Waals surface area contributed by atoms with Crippen LogP contribution in [0.15, 0.2) is 140 Å². The van der Waals surface area contributed by atoms with Crippen LogP contribution >= 0.6 is 11.6 Å². The van der Waals surface area contributed by atoms with Gasteiger partial charge >= 0.3 is 18.1 Å². The molecule has 120 heavy (non-hydrogen) atoms. The molecule has 4 aromatic carbocycles. The van der Waals surface area contributed by atoms with Crippen molar-refractivity contribution in [1.82, 2.24) is 78.7 Å². The number of fused-ring (bicyclic) bond motifs is 1. The maximum Gasteiger partial charge on any atom is 0.430 e. The average Bonchev–Trinajstić information content (AvgIpc) is 1.54. The van der Waals surface area contributed by atoms with Crippen LogP contribution in [0.3, 0.4) is 0 Å². The summed E-state index contributed by atoms with van der Waals surface area (Å²) in [5.41, 5.74) is 5.99. The second kappa shape index (κ2) is 46.1. The minimum Gasteiger partial charge on any atom is -0.542 e. The molecule has 15 amide bonds. The lowest BCUT2D eigenvalue weighted by Crippen LogP contribution is -2.66. The number of carbonyl (C=O) groups is 15. The number of carboxylic acid groups (broad SMARTS) is 1. The van der Waals surface area contributed by atoms with Crippen molar-refractivity contribution in [3.63, 3.8) is 0 Å². The van der Waals surface area contributed by atoms with Gasteiger partial charge < -0.3 is 83.7 Å². The van der Waals surface area contributed by atoms with Gasteiger partial charge in [-0.1, -0.05) is 118 Å². The van der Waals surface area contributed by atoms with E-state index in [1.54, 1.807) is 48.5 Å². The van der Waals surface area contributed by atoms with Crippen molar-refractivity contribution in [3.05, 3.63) is 173 Å². The van der Waals surface area contributed by atoms with Crippen LogP contribution in [0.4, 0.5) is 23.7 Å². The van der Waals surface area contributed by atoms with Crippen LogP contribution in [-0.2, 0) is 99.2 Å². The highest BCUT2D eigenvalue weighted by atomic mass is 35.5. The SMILES string of the molecule is CC(=O)N[C@H](Cc1ccc2ccccc2c1)C(=O)N[C@H](Cc1ccc(Cl)cc1)C(=O)N[C@H](Cc1cccnc1)C(=O)N[C@@H](CO)C(=O)N[C@@H](Cc1ccc(NC(=O)[C@@H]2CC(=O)NC(=O)N2)cc1)C(=O)N[C@H](Cc1cccnc1)C(=O)N[C@@H](CC(C)C)C(=O)N[C@@H](CCCCNC(C)C)C(=O)N1CCC[C@H]1C(=O)N[C@H](C)C([NH3+])=O.O=C([O-])C(F)(F)F. The Morgan fingerprint density at radius 1 is 0.575 bits per heavy atom. The fraction of sp³-hybridized carbons (Fsp3) is 0.427. The lowest BCUT2D eigenvalue weighted by molar-refractivity contribution is -0.344. The molecule has 644 valence electrons. The van der Waals surface area contributed by atoms with Crippen LogP contribution in [0.5, 0.6) is 0 Å². The Hall–Kier alpha value is -12.3. The predicted octanol–water partition coefficient (Wildman–Crippen LogP) is 0.000900. The van der Waals surface area contributed by atoms with Gasteiger partial charge in [-0.3, -0.25) is 78.6 Å². The predicted molar refractivity (Wildman–Crippen MR) is 428 cm³/mol. The Labute approximate surface area is 694 Å². The number of halogens is 4. The average molecular weight is 1690 g/mol. The molecule has 2 saturated heterocycles. The van der Waals surface area contributed by atoms with Crippen molar-refractivity contribution in [1.29, 1.82) is 0 Å². The van der Waals surface area contributed by atoms with E-state index in [2.05, 4.69) is 84.8 Å². The molecule has 38 heteroatoms. The zero-order chi connectivity index (χ0) is 87.9. The van der Waals surface area contributed by atoms with Gasteiger partial charge in [0.05, 0.1) is 13.0 Å². The molecule has 8 rings (SSSR count). The number of aliphatic hydroxyl groups is 1. The number of nitrogens with zero attached hydrogens (tertiary/aromatic N) is 3. The zero-order valence-corrected chi connectivity index (χ0v) is 67.7. The summed E-state index contributed by atoms with van der Waals surface area (Å²) in [5, 5.41) is 56.9. The molecule has 2 aromatic heterocycles. The maximum absolute atomic E-state index is 15.3. The molecule has 2 aliphatic rings. The summed E-state index contributed by atoms with van der Waals surface area (Å²) in [6.07, 6.45) is 1.22. The number of quaternary nitrogens is 1. The number of carboxylic acids is 1. The number of aliphatic hydroxyl groups excluding tert-OH is 1. The van der Waals surface area contributed by atoms with Crippen molar-refractivity contribution < 1.29 is 101 Å². The molecule has 4 heterocycles. The standard InChI is InChI=1S/C80H100ClN17O15.C2HF3O2/c1-45(2)34-59(71(104)89-58(18-9-10-32-85-46(3)4)79(112)98-33-13-19-67(98)78(111)86-47(5)69(82)102)90-75(108)63(39-52-14-11-30-83-42-52)92-74(107)62(37-50-23-28-57(29-24-50)88-70(103)65-41-68(101)97-80(113)96-65)94-77(110)66(44-99)95-76(109)64(40-53-15-12-31-84-43-53)93-73(106)61(36-49-21-26-56(81)27-22-49)91-72(105)60(87-48(6)100)38-51-20-25-54-16-7-8-17-55(54)35-51;3-2(4,5)1(6)7/h7-8,11-12,14-17,20-31,35,42-43,45-47,58-67,85,99H,9-10,13,18-19,32-34,36-41,44H2,1-6H3,(H2,82,102)(H,86,111)(H,87,100)(H,88,103)(H,89,104)(H,90,108)(H,91,105)(H,92,107)(H,93,106)(H,94,110)(H,95,109)(H2,96,97,101,113);(H,6,7)/t47-,58+,59+,60-,61-,62+,63-,64-,65+,66+,67+;/m1./s1. The smallest absolute Gasteiger partial charge is 0.430 e. The van der Waals surface area contributed by atoms with Gasteiger partial charge in [0.15, 0.2) is 0 Å². The van der Waals surface area contributed by atoms with Crippen molar-refractivity contribution in [2.75, 3.05) is 25.0 Å². The minimum atomic E-state index is -5.19. The molecule has 34 nitrogen and oxygen atoms in total. The van der Waals surface area contributed by atoms with Gasteiger partial charge in [0.1, 0.15) is 72.4 Å². The van der Waals surface area contributed by atoms with E-state index in [4.69, 9.17) is 21.5 Å². The molecule has 0 radical (unpaired) electrons. The molecule has 0 bridgehead atoms. The Bertz CT molecular complexity index is 4580. The first-order valence-corrected chi connectivity index (χ1v) is 39.3. The molecule has 2 aliphatic heterocycles. The summed E-state index contributed by atoms with van der Waals surface area (Å²) in [4.78, 5) is 214. The number of alkyl halides is 3. The highest BCUT2D eigenvalue weighted by Gasteiger charge is 2.41. The monoisotopic (exact) mass is 1690 g/mol. The molecule has 0 aliphatic carbocycles. The fourth-order valence-corrected chi connectivity index (χ4v) is 13.2. The number of aromatic nitrogens is 2. The van der Waals surface area contributed by atoms with E-state index in [0.717, 1.165) is 10.8 Å². The highest BCUT2D eigenvalue weighted by molar-refractivity contribution is 6.30. The van der Waals surface area contributed by atoms with E-state index in [-0.39, 0.29) is 69.1 Å². The number of urea groups is 1. The van der Waals surface area contributed by atoms with Crippen LogP contribution in [0.25, 0.3) is 10.8 Å². The number of nitrogens with one attached hydrogen (secondary N) is 13. The van der Waals surface area contributed by atoms with Gasteiger partial charge in [-0.25, -0.2) is 9.59 Å². The van der Waals surface area contributed by atoms with Gasteiger partial charge in [0.25, 0.3) is 0 Å². The fourth-order valence-electron chi connectivity index (χ4n) is 13.0. The Morgan fingerprint density at radius 2 is 1.04 bits per heavy atom. The first-order chi connectivity index (χ1) is 56.9. The van der Waals surface area contributed by atoms with Crippen LogP contribution in [-0.4, -0.2) is 207 Å². The van der Waals surface area contributed by atoms with Gasteiger partial charge in [-0.15, -0.1) is 0 Å². The largest absolute Gasteiger partial charge is 0.542 e. The normalized spacial score (nSPS) is 16.1. The maximum atomic E-state index is 15.3. The van der Waals surface area contributed by atoms with Gasteiger partial charge in [-0.2, -0.15) is 13.2 Å². The van der Waals surface area contributed by atoms with Gasteiger partial charge in [0, 0.05) is 87.1 Å². The van der Waals surface area contributed by atoms with E-state index in [0.29, 0.717) is 65.1 Å². The number of rotatable bonds is 40. The Balaban J connectivity index is 0.00000271. The topological polar surface area (TPSA) is 512 Å². The molecule has 6 aromatic rings. The second-order valence-corrected chi connectivity index (χ2v) is 30.2. The van der Waals surface area contributed by atoms with E-state index in [1.807, 2.05) is 70.2 Å². The third kappa shape index (κ3) is 30.9. The van der Waals surface area contributed by atoms with E-state index in [1.165, 1.54) is 67.8 Å². The van der Waals surface area contributed by atoms with Gasteiger partial charge in [-0.05, 0) is 133 Å². The number of anilines is 1. The van der Waals surface area contributed by atoms with Crippen LogP contribution in [0.2, 0.25) is 5.02 Å². The van der Waals surface area contributed by atoms with E-state index >= 15 is 9.59 Å². The summed E-state index contributed by atoms with van der Waals surface area (Å²) in [6, 6.07) is 16.2. The van der Waals surface area contributed by atoms with Crippen molar-refractivity contribution in [3.8, 4) is 0 Å². The van der Waals surface area contributed by atoms with E-state index in [9.17, 15) is 75.8 Å². The lowest BCUT2D eigenvalue weighted by atomic mass is 9.99. The highest BCUT2D eigenvalue weighted by Crippen LogP contribution is 2.23. The number of benzene rings is 4. The number of pyridine rings is 2. The van der Waals surface area contributed by atoms with E-state index < -0.39 is 174 Å². The molecule has 11 atom stereocenters. The van der Waals surface area contributed by atoms with Crippen LogP contribution in [0.1, 0.15) is 114 Å². The molecule has 2 fully saturated rings. The molecular formula is C82H101ClF3N17O17. The number of imide groups is 1. The number of carbonyl (C=O) groups excluding carboxylic acids is 15. The summed E-state index contributed by atoms with van der Waals surface area (Å²) in [6.45, 7) is 10.0. The quantitative estimate of drug-likeness (QED) is 0.0225. The third-order valence-corrected chi connectivity index (χ3v) is 19.5. The number of amides is 15. The number of hydrogen-bond acceptors (Lipinski definition) is 20. The summed E-state index contributed by atoms with van der Waals surface area (Å²) < 4.78 is 31.5. The third-order valence-electron chi connectivity index (χ3n) is 19.2. The summed E-state index contributed by atoms with van der Waals surface area (Å²) >= 11 is 6.26. The van der Waals surface area contributed by atoms with Crippen LogP contribution < -0.4 is 80.0 Å². The van der Waals surface area contributed by atoms with Crippen molar-refractivity contribution in [2.45, 2.75) is 197 Å². The second-order valence-electron chi connectivity index (χ2n) is 29.8.